The van der Waals surface area contributed by atoms with Crippen LogP contribution >= 0.6 is 0 Å². The number of nitrogens with two attached hydrogens (primary N) is 1. The molecule has 0 bridgehead atoms. The molecule has 0 radical (unpaired) electrons. The van der Waals surface area contributed by atoms with Crippen LogP contribution in [0.25, 0.3) is 11.3 Å². The van der Waals surface area contributed by atoms with Crippen LogP contribution in [0.1, 0.15) is 31.1 Å². The third-order valence-electron chi connectivity index (χ3n) is 2.81. The largest absolute Gasteiger partial charge is 0.326 e. The topological polar surface area (TPSA) is 43.8 Å². The molecule has 17 heavy (non-hydrogen) atoms. The first-order chi connectivity index (χ1) is 8.11. The fraction of sp³-hybridized carbons (Fsp3) is 0.357. The lowest BCUT2D eigenvalue weighted by Crippen LogP contribution is -2.05. The summed E-state index contributed by atoms with van der Waals surface area (Å²) in [5, 5.41) is 4.53. The molecule has 0 fully saturated rings. The molecule has 2 rings (SSSR count). The van der Waals surface area contributed by atoms with Crippen LogP contribution in [0.5, 0.6) is 0 Å². The zero-order valence-electron chi connectivity index (χ0n) is 10.6. The van der Waals surface area contributed by atoms with Crippen molar-refractivity contribution in [2.45, 2.75) is 33.4 Å². The molecule has 2 aromatic rings. The number of hydrogen-bond acceptors (Lipinski definition) is 2. The van der Waals surface area contributed by atoms with Gasteiger partial charge in [0, 0.05) is 18.2 Å². The quantitative estimate of drug-likeness (QED) is 0.879. The Morgan fingerprint density at radius 3 is 2.71 bits per heavy atom. The standard InChI is InChI=1S/C14H19N3/c1-10(2)17-14(7-11(3)16-17)13-6-4-5-12(8-13)9-15/h4-8,10H,9,15H2,1-3H3. The van der Waals surface area contributed by atoms with E-state index in [1.165, 1.54) is 5.56 Å². The smallest absolute Gasteiger partial charge is 0.0688 e. The first kappa shape index (κ1) is 11.9. The fourth-order valence-electron chi connectivity index (χ4n) is 1.98. The van der Waals surface area contributed by atoms with Crippen molar-refractivity contribution in [2.75, 3.05) is 0 Å². The SMILES string of the molecule is Cc1cc(-c2cccc(CN)c2)n(C(C)C)n1. The number of hydrogen-bond donors (Lipinski definition) is 1. The van der Waals surface area contributed by atoms with Gasteiger partial charge in [0.15, 0.2) is 0 Å². The predicted molar refractivity (Wildman–Crippen MR) is 70.7 cm³/mol. The summed E-state index contributed by atoms with van der Waals surface area (Å²) in [6, 6.07) is 10.8. The zero-order valence-corrected chi connectivity index (χ0v) is 10.6. The molecule has 0 atom stereocenters. The van der Waals surface area contributed by atoms with Crippen LogP contribution in [0.15, 0.2) is 30.3 Å². The zero-order chi connectivity index (χ0) is 12.4. The van der Waals surface area contributed by atoms with E-state index in [0.29, 0.717) is 12.6 Å². The molecular weight excluding hydrogens is 210 g/mol. The molecule has 0 aliphatic rings. The Morgan fingerprint density at radius 1 is 1.29 bits per heavy atom. The first-order valence-electron chi connectivity index (χ1n) is 5.97. The first-order valence-corrected chi connectivity index (χ1v) is 5.97. The summed E-state index contributed by atoms with van der Waals surface area (Å²) in [6.07, 6.45) is 0. The number of benzene rings is 1. The molecule has 1 heterocycles. The Bertz CT molecular complexity index is 512. The average Bonchev–Trinajstić information content (AvgIpc) is 2.72. The Hall–Kier alpha value is -1.61. The third-order valence-corrected chi connectivity index (χ3v) is 2.81. The molecule has 0 saturated heterocycles. The van der Waals surface area contributed by atoms with Gasteiger partial charge >= 0.3 is 0 Å². The minimum absolute atomic E-state index is 0.361. The lowest BCUT2D eigenvalue weighted by Gasteiger charge is -2.11. The van der Waals surface area contributed by atoms with E-state index in [9.17, 15) is 0 Å². The van der Waals surface area contributed by atoms with E-state index in [-0.39, 0.29) is 0 Å². The monoisotopic (exact) mass is 229 g/mol. The summed E-state index contributed by atoms with van der Waals surface area (Å²) < 4.78 is 2.06. The molecule has 3 heteroatoms. The average molecular weight is 229 g/mol. The summed E-state index contributed by atoms with van der Waals surface area (Å²) in [4.78, 5) is 0. The van der Waals surface area contributed by atoms with Gasteiger partial charge in [-0.05, 0) is 38.5 Å². The summed E-state index contributed by atoms with van der Waals surface area (Å²) in [5.74, 6) is 0. The minimum atomic E-state index is 0.361. The van der Waals surface area contributed by atoms with Gasteiger partial charge in [-0.1, -0.05) is 18.2 Å². The van der Waals surface area contributed by atoms with Gasteiger partial charge < -0.3 is 5.73 Å². The van der Waals surface area contributed by atoms with Crippen molar-refractivity contribution >= 4 is 0 Å². The second kappa shape index (κ2) is 4.72. The Balaban J connectivity index is 2.51. The van der Waals surface area contributed by atoms with Gasteiger partial charge in [0.25, 0.3) is 0 Å². The van der Waals surface area contributed by atoms with Crippen molar-refractivity contribution in [1.82, 2.24) is 9.78 Å². The van der Waals surface area contributed by atoms with Crippen molar-refractivity contribution in [3.05, 3.63) is 41.6 Å². The van der Waals surface area contributed by atoms with Crippen LogP contribution in [0.2, 0.25) is 0 Å². The maximum atomic E-state index is 5.68. The lowest BCUT2D eigenvalue weighted by molar-refractivity contribution is 0.535. The van der Waals surface area contributed by atoms with E-state index in [0.717, 1.165) is 17.0 Å². The molecule has 1 aromatic carbocycles. The number of aryl methyl sites for hydroxylation is 1. The molecule has 0 aliphatic carbocycles. The fourth-order valence-corrected chi connectivity index (χ4v) is 1.98. The summed E-state index contributed by atoms with van der Waals surface area (Å²) in [7, 11) is 0. The molecule has 3 nitrogen and oxygen atoms in total. The van der Waals surface area contributed by atoms with Gasteiger partial charge in [-0.3, -0.25) is 4.68 Å². The molecule has 0 spiro atoms. The maximum absolute atomic E-state index is 5.68. The highest BCUT2D eigenvalue weighted by atomic mass is 15.3. The van der Waals surface area contributed by atoms with E-state index < -0.39 is 0 Å². The molecule has 0 saturated carbocycles. The van der Waals surface area contributed by atoms with E-state index in [2.05, 4.69) is 41.8 Å². The van der Waals surface area contributed by atoms with Crippen molar-refractivity contribution < 1.29 is 0 Å². The van der Waals surface area contributed by atoms with Gasteiger partial charge in [0.2, 0.25) is 0 Å². The maximum Gasteiger partial charge on any atom is 0.0688 e. The van der Waals surface area contributed by atoms with Crippen LogP contribution < -0.4 is 5.73 Å². The second-order valence-electron chi connectivity index (χ2n) is 4.61. The molecule has 0 aliphatic heterocycles. The predicted octanol–water partition coefficient (Wildman–Crippen LogP) is 2.90. The summed E-state index contributed by atoms with van der Waals surface area (Å²) in [6.45, 7) is 6.88. The van der Waals surface area contributed by atoms with Gasteiger partial charge in [0.05, 0.1) is 11.4 Å². The van der Waals surface area contributed by atoms with E-state index in [1.54, 1.807) is 0 Å². The second-order valence-corrected chi connectivity index (χ2v) is 4.61. The van der Waals surface area contributed by atoms with Gasteiger partial charge in [-0.2, -0.15) is 5.10 Å². The van der Waals surface area contributed by atoms with Crippen molar-refractivity contribution in [3.8, 4) is 11.3 Å². The van der Waals surface area contributed by atoms with Gasteiger partial charge in [-0.15, -0.1) is 0 Å². The lowest BCUT2D eigenvalue weighted by atomic mass is 10.1. The Kier molecular flexibility index (Phi) is 3.29. The highest BCUT2D eigenvalue weighted by molar-refractivity contribution is 5.61. The van der Waals surface area contributed by atoms with Gasteiger partial charge in [0.1, 0.15) is 0 Å². The van der Waals surface area contributed by atoms with Crippen LogP contribution in [0, 0.1) is 6.92 Å². The van der Waals surface area contributed by atoms with Crippen LogP contribution in [-0.4, -0.2) is 9.78 Å². The van der Waals surface area contributed by atoms with Gasteiger partial charge in [-0.25, -0.2) is 0 Å². The molecule has 2 N–H and O–H groups in total. The van der Waals surface area contributed by atoms with E-state index in [1.807, 2.05) is 19.1 Å². The third kappa shape index (κ3) is 2.39. The molecular formula is C14H19N3. The van der Waals surface area contributed by atoms with Crippen molar-refractivity contribution in [1.29, 1.82) is 0 Å². The van der Waals surface area contributed by atoms with E-state index in [4.69, 9.17) is 5.73 Å². The molecule has 0 unspecified atom stereocenters. The Labute approximate surface area is 102 Å². The van der Waals surface area contributed by atoms with Crippen LogP contribution in [-0.2, 0) is 6.54 Å². The highest BCUT2D eigenvalue weighted by Crippen LogP contribution is 2.24. The van der Waals surface area contributed by atoms with Crippen LogP contribution in [0.3, 0.4) is 0 Å². The molecule has 0 amide bonds. The van der Waals surface area contributed by atoms with Crippen molar-refractivity contribution in [2.24, 2.45) is 5.73 Å². The minimum Gasteiger partial charge on any atom is -0.326 e. The van der Waals surface area contributed by atoms with Crippen molar-refractivity contribution in [3.63, 3.8) is 0 Å². The normalized spacial score (nSPS) is 11.1. The molecule has 90 valence electrons. The summed E-state index contributed by atoms with van der Waals surface area (Å²) >= 11 is 0. The Morgan fingerprint density at radius 2 is 2.06 bits per heavy atom. The van der Waals surface area contributed by atoms with E-state index >= 15 is 0 Å². The highest BCUT2D eigenvalue weighted by Gasteiger charge is 2.10. The molecule has 1 aromatic heterocycles. The number of aromatic nitrogens is 2. The number of nitrogens with zero attached hydrogens (tertiary/aromatic N) is 2. The number of rotatable bonds is 3. The van der Waals surface area contributed by atoms with Crippen LogP contribution in [0.4, 0.5) is 0 Å². The summed E-state index contributed by atoms with van der Waals surface area (Å²) in [5.41, 5.74) is 10.2.